The Labute approximate surface area is 164 Å². The number of hydrogen-bond acceptors (Lipinski definition) is 5. The molecule has 2 aliphatic rings. The van der Waals surface area contributed by atoms with Crippen LogP contribution in [0.4, 0.5) is 0 Å². The minimum Gasteiger partial charge on any atom is -0.456 e. The first-order chi connectivity index (χ1) is 13.0. The molecule has 1 spiro atoms. The number of nitrogens with zero attached hydrogens (tertiary/aromatic N) is 1. The Morgan fingerprint density at radius 2 is 2.15 bits per heavy atom. The van der Waals surface area contributed by atoms with Gasteiger partial charge in [0.05, 0.1) is 6.61 Å². The lowest BCUT2D eigenvalue weighted by Gasteiger charge is -2.44. The van der Waals surface area contributed by atoms with Crippen LogP contribution in [0.25, 0.3) is 11.1 Å². The summed E-state index contributed by atoms with van der Waals surface area (Å²) in [6.07, 6.45) is 2.72. The molecule has 1 aromatic heterocycles. The van der Waals surface area contributed by atoms with Gasteiger partial charge in [-0.15, -0.1) is 17.3 Å². The lowest BCUT2D eigenvalue weighted by atomic mass is 9.80. The van der Waals surface area contributed by atoms with E-state index in [0.717, 1.165) is 31.4 Å². The third kappa shape index (κ3) is 3.60. The largest absolute Gasteiger partial charge is 0.456 e. The van der Waals surface area contributed by atoms with Crippen LogP contribution >= 0.6 is 11.3 Å². The van der Waals surface area contributed by atoms with Crippen LogP contribution in [-0.4, -0.2) is 24.8 Å². The van der Waals surface area contributed by atoms with Gasteiger partial charge in [-0.2, -0.15) is 0 Å². The van der Waals surface area contributed by atoms with Crippen LogP contribution in [0.1, 0.15) is 43.6 Å². The molecule has 0 aliphatic carbocycles. The number of nitrogens with two attached hydrogens (primary N) is 1. The average molecular weight is 381 g/mol. The van der Waals surface area contributed by atoms with Crippen molar-refractivity contribution in [2.45, 2.75) is 44.2 Å². The number of rotatable bonds is 2. The van der Waals surface area contributed by atoms with E-state index in [4.69, 9.17) is 20.2 Å². The molecule has 0 saturated carbocycles. The first-order valence-corrected chi connectivity index (χ1v) is 10.1. The van der Waals surface area contributed by atoms with Gasteiger partial charge in [0.25, 0.3) is 6.02 Å². The number of hydrogen-bond donors (Lipinski definition) is 1. The van der Waals surface area contributed by atoms with Crippen molar-refractivity contribution in [1.82, 2.24) is 0 Å². The molecule has 2 atom stereocenters. The Morgan fingerprint density at radius 1 is 1.26 bits per heavy atom. The highest BCUT2D eigenvalue weighted by Crippen LogP contribution is 2.45. The Kier molecular flexibility index (Phi) is 4.71. The van der Waals surface area contributed by atoms with Gasteiger partial charge in [0, 0.05) is 23.5 Å². The number of ether oxygens (including phenoxy) is 2. The molecule has 140 valence electrons. The van der Waals surface area contributed by atoms with Gasteiger partial charge in [-0.3, -0.25) is 0 Å². The highest BCUT2D eigenvalue weighted by Gasteiger charge is 2.47. The quantitative estimate of drug-likeness (QED) is 0.791. The van der Waals surface area contributed by atoms with Crippen molar-refractivity contribution in [1.29, 1.82) is 0 Å². The van der Waals surface area contributed by atoms with Crippen molar-refractivity contribution in [3.05, 3.63) is 46.2 Å². The van der Waals surface area contributed by atoms with Crippen molar-refractivity contribution >= 4 is 17.4 Å². The average Bonchev–Trinajstić information content (AvgIpc) is 3.13. The van der Waals surface area contributed by atoms with Gasteiger partial charge in [0.1, 0.15) is 11.1 Å². The third-order valence-corrected chi connectivity index (χ3v) is 6.41. The molecule has 0 radical (unpaired) electrons. The van der Waals surface area contributed by atoms with Gasteiger partial charge in [0.2, 0.25) is 0 Å². The van der Waals surface area contributed by atoms with Gasteiger partial charge < -0.3 is 15.2 Å². The number of aliphatic imine (C=N–C) groups is 1. The predicted molar refractivity (Wildman–Crippen MR) is 110 cm³/mol. The molecule has 2 N–H and O–H groups in total. The fourth-order valence-corrected chi connectivity index (χ4v) is 5.10. The molecule has 3 heterocycles. The van der Waals surface area contributed by atoms with Crippen LogP contribution in [-0.2, 0) is 15.0 Å². The number of thiophene rings is 1. The summed E-state index contributed by atoms with van der Waals surface area (Å²) in [6.45, 7) is 5.37. The Morgan fingerprint density at radius 3 is 2.93 bits per heavy atom. The second-order valence-corrected chi connectivity index (χ2v) is 8.41. The van der Waals surface area contributed by atoms with E-state index in [2.05, 4.69) is 42.3 Å². The maximum Gasteiger partial charge on any atom is 0.283 e. The van der Waals surface area contributed by atoms with Crippen molar-refractivity contribution < 1.29 is 9.47 Å². The fraction of sp³-hybridized carbons (Fsp3) is 0.409. The van der Waals surface area contributed by atoms with Crippen molar-refractivity contribution in [2.75, 3.05) is 13.2 Å². The molecule has 27 heavy (non-hydrogen) atoms. The van der Waals surface area contributed by atoms with Gasteiger partial charge in [0.15, 0.2) is 0 Å². The minimum atomic E-state index is -0.396. The zero-order valence-corrected chi connectivity index (χ0v) is 16.6. The normalized spacial score (nSPS) is 27.4. The molecule has 4 nitrogen and oxygen atoms in total. The highest BCUT2D eigenvalue weighted by atomic mass is 32.1. The van der Waals surface area contributed by atoms with Crippen LogP contribution < -0.4 is 5.73 Å². The summed E-state index contributed by atoms with van der Waals surface area (Å²) in [5.41, 5.74) is 8.71. The number of amidine groups is 1. The second kappa shape index (κ2) is 7.03. The maximum atomic E-state index is 6.09. The van der Waals surface area contributed by atoms with Crippen LogP contribution in [0.15, 0.2) is 40.7 Å². The Bertz CT molecular complexity index is 931. The van der Waals surface area contributed by atoms with E-state index in [0.29, 0.717) is 6.61 Å². The predicted octanol–water partition coefficient (Wildman–Crippen LogP) is 4.29. The highest BCUT2D eigenvalue weighted by molar-refractivity contribution is 7.10. The van der Waals surface area contributed by atoms with Crippen LogP contribution in [0, 0.1) is 11.8 Å². The Hall–Kier alpha value is -2.29. The molecule has 1 aromatic carbocycles. The van der Waals surface area contributed by atoms with Gasteiger partial charge in [-0.25, -0.2) is 4.99 Å². The fourth-order valence-electron chi connectivity index (χ4n) is 4.07. The molecule has 4 rings (SSSR count). The summed E-state index contributed by atoms with van der Waals surface area (Å²) in [7, 11) is 0. The first-order valence-electron chi connectivity index (χ1n) is 9.26. The summed E-state index contributed by atoms with van der Waals surface area (Å²) in [5, 5.41) is 2.18. The van der Waals surface area contributed by atoms with Crippen LogP contribution in [0.5, 0.6) is 0 Å². The van der Waals surface area contributed by atoms with E-state index in [1.54, 1.807) is 11.3 Å². The minimum absolute atomic E-state index is 0.268. The van der Waals surface area contributed by atoms with Crippen molar-refractivity contribution in [3.8, 4) is 23.0 Å². The standard InChI is InChI=1S/C22H24N2O2S/c1-3-6-16-7-4-8-17(11-16)18-12-19(27-13-18)21(2)14-22(26-20(23)24-21)9-5-10-25-15-22/h4,7-8,11-13H,5,9-10,14-15H2,1-2H3,(H2,23,24). The van der Waals surface area contributed by atoms with Crippen LogP contribution in [0.3, 0.4) is 0 Å². The van der Waals surface area contributed by atoms with E-state index in [9.17, 15) is 0 Å². The topological polar surface area (TPSA) is 56.8 Å². The molecular weight excluding hydrogens is 356 g/mol. The van der Waals surface area contributed by atoms with E-state index < -0.39 is 5.54 Å². The molecule has 2 aliphatic heterocycles. The summed E-state index contributed by atoms with van der Waals surface area (Å²) in [4.78, 5) is 5.89. The van der Waals surface area contributed by atoms with Crippen LogP contribution in [0.2, 0.25) is 0 Å². The molecule has 2 unspecified atom stereocenters. The maximum absolute atomic E-state index is 6.09. The van der Waals surface area contributed by atoms with E-state index >= 15 is 0 Å². The van der Waals surface area contributed by atoms with E-state index in [1.165, 1.54) is 16.0 Å². The molecular formula is C22H24N2O2S. The van der Waals surface area contributed by atoms with E-state index in [1.807, 2.05) is 19.1 Å². The number of benzene rings is 1. The summed E-state index contributed by atoms with van der Waals surface area (Å²) >= 11 is 1.72. The zero-order valence-electron chi connectivity index (χ0n) is 15.7. The zero-order chi connectivity index (χ0) is 18.9. The first kappa shape index (κ1) is 18.1. The van der Waals surface area contributed by atoms with Gasteiger partial charge >= 0.3 is 0 Å². The molecule has 5 heteroatoms. The van der Waals surface area contributed by atoms with E-state index in [-0.39, 0.29) is 11.6 Å². The summed E-state index contributed by atoms with van der Waals surface area (Å²) in [5.74, 6) is 6.08. The Balaban J connectivity index is 1.66. The lowest BCUT2D eigenvalue weighted by molar-refractivity contribution is -0.0993. The smallest absolute Gasteiger partial charge is 0.283 e. The third-order valence-electron chi connectivity index (χ3n) is 5.23. The SMILES string of the molecule is CC#Cc1cccc(-c2csc(C3(C)CC4(CCCOC4)OC(N)=N3)c2)c1. The lowest BCUT2D eigenvalue weighted by Crippen LogP contribution is -2.52. The van der Waals surface area contributed by atoms with Gasteiger partial charge in [-0.1, -0.05) is 18.1 Å². The van der Waals surface area contributed by atoms with Gasteiger partial charge in [-0.05, 0) is 61.4 Å². The second-order valence-electron chi connectivity index (χ2n) is 7.50. The molecule has 2 aromatic rings. The molecule has 0 bridgehead atoms. The van der Waals surface area contributed by atoms with Crippen molar-refractivity contribution in [3.63, 3.8) is 0 Å². The monoisotopic (exact) mass is 380 g/mol. The summed E-state index contributed by atoms with van der Waals surface area (Å²) in [6, 6.07) is 10.8. The molecule has 1 fully saturated rings. The molecule has 1 saturated heterocycles. The summed E-state index contributed by atoms with van der Waals surface area (Å²) < 4.78 is 11.7. The van der Waals surface area contributed by atoms with Crippen molar-refractivity contribution in [2.24, 2.45) is 10.7 Å². The molecule has 0 amide bonds.